The molecule has 0 aromatic rings. The molecule has 0 amide bonds. The Balaban J connectivity index is 1.53. The predicted octanol–water partition coefficient (Wildman–Crippen LogP) is 7.71. The molecule has 0 bridgehead atoms. The van der Waals surface area contributed by atoms with Crippen LogP contribution in [0.15, 0.2) is 11.6 Å². The summed E-state index contributed by atoms with van der Waals surface area (Å²) in [5.74, 6) is 1.65. The summed E-state index contributed by atoms with van der Waals surface area (Å²) < 4.78 is 5.89. The van der Waals surface area contributed by atoms with Crippen LogP contribution in [0.25, 0.3) is 0 Å². The minimum absolute atomic E-state index is 0.0108. The SMILES string of the molecule is CC(=O)O[C@@H]1CC[C@]2(C)[C@H]3CC=C4[C@@H]5CC(C)(C)CC[C@]5(CO)CC[C@@]4(C)[C@]3(C)CC[C@H]2C1(C)C. The van der Waals surface area contributed by atoms with Crippen LogP contribution in [0, 0.1) is 50.2 Å². The molecular formula is C32H52O3. The first-order chi connectivity index (χ1) is 16.2. The number of aliphatic hydroxyl groups excluding tert-OH is 1. The number of esters is 1. The Hall–Kier alpha value is -0.830. The maximum Gasteiger partial charge on any atom is 0.302 e. The normalized spacial score (nSPS) is 50.0. The first-order valence-electron chi connectivity index (χ1n) is 14.6. The van der Waals surface area contributed by atoms with E-state index >= 15 is 0 Å². The van der Waals surface area contributed by atoms with Crippen LogP contribution >= 0.6 is 0 Å². The molecule has 0 saturated heterocycles. The van der Waals surface area contributed by atoms with E-state index < -0.39 is 0 Å². The number of carbonyl (C=O) groups is 1. The van der Waals surface area contributed by atoms with E-state index in [0.717, 1.165) is 12.8 Å². The van der Waals surface area contributed by atoms with Crippen molar-refractivity contribution < 1.29 is 14.6 Å². The molecule has 0 spiro atoms. The Kier molecular flexibility index (Phi) is 5.78. The summed E-state index contributed by atoms with van der Waals surface area (Å²) in [5.41, 5.74) is 2.98. The number of hydrogen-bond donors (Lipinski definition) is 1. The molecule has 0 unspecified atom stereocenters. The van der Waals surface area contributed by atoms with Crippen LogP contribution in [0.1, 0.15) is 120 Å². The average Bonchev–Trinajstić information content (AvgIpc) is 2.76. The van der Waals surface area contributed by atoms with E-state index in [-0.39, 0.29) is 39.1 Å². The molecule has 0 aromatic carbocycles. The second-order valence-electron chi connectivity index (χ2n) is 15.7. The quantitative estimate of drug-likeness (QED) is 0.322. The van der Waals surface area contributed by atoms with Crippen molar-refractivity contribution in [3.8, 4) is 0 Å². The summed E-state index contributed by atoms with van der Waals surface area (Å²) in [5, 5.41) is 10.7. The van der Waals surface area contributed by atoms with Gasteiger partial charge < -0.3 is 9.84 Å². The number of hydrogen-bond acceptors (Lipinski definition) is 3. The van der Waals surface area contributed by atoms with E-state index in [1.165, 1.54) is 51.4 Å². The van der Waals surface area contributed by atoms with Crippen LogP contribution in [0.4, 0.5) is 0 Å². The molecule has 198 valence electrons. The Morgan fingerprint density at radius 2 is 1.63 bits per heavy atom. The summed E-state index contributed by atoms with van der Waals surface area (Å²) in [6, 6.07) is 0. The highest BCUT2D eigenvalue weighted by Gasteiger charge is 2.68. The van der Waals surface area contributed by atoms with E-state index in [2.05, 4.69) is 54.5 Å². The lowest BCUT2D eigenvalue weighted by atomic mass is 9.33. The van der Waals surface area contributed by atoms with Crippen LogP contribution in [-0.4, -0.2) is 23.8 Å². The summed E-state index contributed by atoms with van der Waals surface area (Å²) in [6.45, 7) is 19.4. The van der Waals surface area contributed by atoms with Gasteiger partial charge in [0.15, 0.2) is 0 Å². The summed E-state index contributed by atoms with van der Waals surface area (Å²) in [4.78, 5) is 11.9. The van der Waals surface area contributed by atoms with E-state index in [1.807, 2.05) is 0 Å². The molecule has 5 rings (SSSR count). The van der Waals surface area contributed by atoms with Crippen molar-refractivity contribution in [3.05, 3.63) is 11.6 Å². The van der Waals surface area contributed by atoms with Gasteiger partial charge in [0.05, 0.1) is 0 Å². The van der Waals surface area contributed by atoms with Crippen molar-refractivity contribution in [3.63, 3.8) is 0 Å². The average molecular weight is 485 g/mol. The molecule has 0 radical (unpaired) electrons. The Labute approximate surface area is 214 Å². The van der Waals surface area contributed by atoms with E-state index in [1.54, 1.807) is 12.5 Å². The van der Waals surface area contributed by atoms with Gasteiger partial charge in [0, 0.05) is 24.4 Å². The topological polar surface area (TPSA) is 46.5 Å². The van der Waals surface area contributed by atoms with Crippen molar-refractivity contribution in [2.24, 2.45) is 50.2 Å². The van der Waals surface area contributed by atoms with Crippen molar-refractivity contribution in [1.82, 2.24) is 0 Å². The molecule has 4 saturated carbocycles. The molecular weight excluding hydrogens is 432 g/mol. The van der Waals surface area contributed by atoms with E-state index in [0.29, 0.717) is 29.8 Å². The van der Waals surface area contributed by atoms with Crippen LogP contribution in [0.5, 0.6) is 0 Å². The van der Waals surface area contributed by atoms with E-state index in [4.69, 9.17) is 4.74 Å². The minimum Gasteiger partial charge on any atom is -0.462 e. The molecule has 4 fully saturated rings. The van der Waals surface area contributed by atoms with Gasteiger partial charge in [-0.1, -0.05) is 60.1 Å². The molecule has 3 nitrogen and oxygen atoms in total. The fourth-order valence-electron chi connectivity index (χ4n) is 11.0. The molecule has 0 aliphatic heterocycles. The number of fused-ring (bicyclic) bond motifs is 7. The van der Waals surface area contributed by atoms with Crippen molar-refractivity contribution >= 4 is 5.97 Å². The molecule has 5 aliphatic carbocycles. The summed E-state index contributed by atoms with van der Waals surface area (Å²) >= 11 is 0. The van der Waals surface area contributed by atoms with Crippen LogP contribution < -0.4 is 0 Å². The van der Waals surface area contributed by atoms with Gasteiger partial charge in [-0.2, -0.15) is 0 Å². The number of ether oxygens (including phenoxy) is 1. The lowest BCUT2D eigenvalue weighted by Gasteiger charge is -2.71. The van der Waals surface area contributed by atoms with E-state index in [9.17, 15) is 9.90 Å². The van der Waals surface area contributed by atoms with Crippen LogP contribution in [0.2, 0.25) is 0 Å². The second kappa shape index (κ2) is 7.84. The molecule has 0 aromatic heterocycles. The molecule has 1 N–H and O–H groups in total. The minimum atomic E-state index is -0.130. The van der Waals surface area contributed by atoms with Crippen LogP contribution in [-0.2, 0) is 9.53 Å². The fraction of sp³-hybridized carbons (Fsp3) is 0.906. The van der Waals surface area contributed by atoms with Crippen molar-refractivity contribution in [2.45, 2.75) is 126 Å². The van der Waals surface area contributed by atoms with Gasteiger partial charge in [0.25, 0.3) is 0 Å². The highest BCUT2D eigenvalue weighted by Crippen LogP contribution is 2.75. The second-order valence-corrected chi connectivity index (χ2v) is 15.7. The summed E-state index contributed by atoms with van der Waals surface area (Å²) in [6.07, 6.45) is 14.6. The smallest absolute Gasteiger partial charge is 0.302 e. The lowest BCUT2D eigenvalue weighted by molar-refractivity contribution is -0.213. The predicted molar refractivity (Wildman–Crippen MR) is 142 cm³/mol. The van der Waals surface area contributed by atoms with Gasteiger partial charge in [-0.3, -0.25) is 4.79 Å². The number of carbonyl (C=O) groups excluding carboxylic acids is 1. The molecule has 35 heavy (non-hydrogen) atoms. The third kappa shape index (κ3) is 3.41. The maximum atomic E-state index is 11.9. The lowest BCUT2D eigenvalue weighted by Crippen LogP contribution is -2.65. The van der Waals surface area contributed by atoms with Gasteiger partial charge in [0.1, 0.15) is 6.10 Å². The fourth-order valence-corrected chi connectivity index (χ4v) is 11.0. The molecule has 3 heteroatoms. The largest absolute Gasteiger partial charge is 0.462 e. The zero-order chi connectivity index (χ0) is 25.7. The third-order valence-electron chi connectivity index (χ3n) is 13.4. The van der Waals surface area contributed by atoms with Gasteiger partial charge in [-0.25, -0.2) is 0 Å². The number of allylic oxidation sites excluding steroid dienone is 2. The third-order valence-corrected chi connectivity index (χ3v) is 13.4. The Bertz CT molecular complexity index is 916. The first kappa shape index (κ1) is 25.8. The van der Waals surface area contributed by atoms with Crippen molar-refractivity contribution in [1.29, 1.82) is 0 Å². The Morgan fingerprint density at radius 3 is 2.29 bits per heavy atom. The zero-order valence-electron chi connectivity index (χ0n) is 23.9. The number of rotatable bonds is 2. The Morgan fingerprint density at radius 1 is 0.943 bits per heavy atom. The van der Waals surface area contributed by atoms with Gasteiger partial charge >= 0.3 is 5.97 Å². The van der Waals surface area contributed by atoms with Gasteiger partial charge in [0.2, 0.25) is 0 Å². The van der Waals surface area contributed by atoms with Gasteiger partial charge in [-0.15, -0.1) is 0 Å². The molecule has 5 aliphatic rings. The van der Waals surface area contributed by atoms with Gasteiger partial charge in [-0.05, 0) is 104 Å². The molecule has 0 heterocycles. The number of aliphatic hydroxyl groups is 1. The highest BCUT2D eigenvalue weighted by molar-refractivity contribution is 5.66. The maximum absolute atomic E-state index is 11.9. The highest BCUT2D eigenvalue weighted by atomic mass is 16.5. The standard InChI is InChI=1S/C32H52O3/c1-21(34)35-26-12-13-29(6)24(28(26,4)5)11-14-31(8)25(29)10-9-22-23-19-27(2,3)15-17-32(23,20-33)18-16-30(22,31)7/h9,23-26,33H,10-20H2,1-8H3/t23-,24-,25+,26+,29-,30+,31+,32+/m0/s1. The van der Waals surface area contributed by atoms with Crippen molar-refractivity contribution in [2.75, 3.05) is 6.61 Å². The monoisotopic (exact) mass is 484 g/mol. The molecule has 8 atom stereocenters. The van der Waals surface area contributed by atoms with Crippen LogP contribution in [0.3, 0.4) is 0 Å². The summed E-state index contributed by atoms with van der Waals surface area (Å²) in [7, 11) is 0. The first-order valence-corrected chi connectivity index (χ1v) is 14.6. The zero-order valence-corrected chi connectivity index (χ0v) is 23.9.